The van der Waals surface area contributed by atoms with E-state index in [0.717, 1.165) is 94.7 Å². The van der Waals surface area contributed by atoms with Gasteiger partial charge in [0, 0.05) is 71.0 Å². The van der Waals surface area contributed by atoms with Crippen molar-refractivity contribution in [3.63, 3.8) is 0 Å². The van der Waals surface area contributed by atoms with Crippen LogP contribution in [0, 0.1) is 13.0 Å². The predicted molar refractivity (Wildman–Crippen MR) is 282 cm³/mol. The average Bonchev–Trinajstić information content (AvgIpc) is 3.82. The molecule has 10 aromatic rings. The van der Waals surface area contributed by atoms with Crippen LogP contribution < -0.4 is 0 Å². The molecule has 1 N–H and O–H groups in total. The van der Waals surface area contributed by atoms with Gasteiger partial charge in [0.1, 0.15) is 16.9 Å². The molecule has 0 atom stereocenters. The molecule has 4 nitrogen and oxygen atoms in total. The van der Waals surface area contributed by atoms with Crippen LogP contribution >= 0.6 is 0 Å². The maximum atomic E-state index is 12.0. The molecule has 0 fully saturated rings. The zero-order chi connectivity index (χ0) is 47.3. The van der Waals surface area contributed by atoms with Crippen LogP contribution in [0.5, 0.6) is 5.75 Å². The summed E-state index contributed by atoms with van der Waals surface area (Å²) in [4.78, 5) is 10.5. The number of phenols is 1. The monoisotopic (exact) mass is 1080 g/mol. The number of furan rings is 1. The molecule has 1 aliphatic rings. The molecule has 0 aliphatic heterocycles. The summed E-state index contributed by atoms with van der Waals surface area (Å²) in [5.74, 6) is 0.204. The van der Waals surface area contributed by atoms with Crippen molar-refractivity contribution in [2.45, 2.75) is 78.6 Å². The van der Waals surface area contributed by atoms with Gasteiger partial charge in [-0.25, -0.2) is 0 Å². The largest absolute Gasteiger partial charge is 0.507 e. The Kier molecular flexibility index (Phi) is 11.3. The van der Waals surface area contributed by atoms with Crippen molar-refractivity contribution in [3.8, 4) is 84.0 Å². The number of benzene rings is 7. The number of hydrogen-bond acceptors (Lipinski definition) is 4. The molecule has 11 rings (SSSR count). The number of phenolic OH excluding ortho intramolecular Hbond substituents is 1. The molecule has 3 heterocycles. The van der Waals surface area contributed by atoms with Crippen molar-refractivity contribution in [2.24, 2.45) is 0 Å². The fraction of sp³-hybridized carbons (Fsp3) is 0.188. The molecule has 0 saturated carbocycles. The third-order valence-electron chi connectivity index (χ3n) is 14.0. The molecule has 5 heteroatoms. The van der Waals surface area contributed by atoms with E-state index >= 15 is 0 Å². The summed E-state index contributed by atoms with van der Waals surface area (Å²) < 4.78 is 6.84. The Morgan fingerprint density at radius 3 is 1.65 bits per heavy atom. The van der Waals surface area contributed by atoms with Crippen molar-refractivity contribution in [1.29, 1.82) is 0 Å². The van der Waals surface area contributed by atoms with E-state index in [2.05, 4.69) is 213 Å². The van der Waals surface area contributed by atoms with Crippen LogP contribution in [0.15, 0.2) is 168 Å². The number of aromatic hydroxyl groups is 1. The van der Waals surface area contributed by atoms with Crippen molar-refractivity contribution < 1.29 is 30.6 Å². The fourth-order valence-electron chi connectivity index (χ4n) is 10.2. The standard InChI is InChI=1S/C64H55N2O2.Pt/c1-38-28-44(48-24-17-26-51-50-25-16-23-47(60(50)68-61(48)51)39-18-11-10-12-19-39)34-56(65-38)40-20-15-21-41(29-40)57-32-43(42-30-45(62(2,3)4)35-46(31-42)63(5,6)7)33-58(66-57)53-36-55-52(37-59(53)67)49-22-13-14-27-54(49)64(55,8)9;/h10-28,30-37,67H,1-9H3;/q-1;. The van der Waals surface area contributed by atoms with Gasteiger partial charge in [0.15, 0.2) is 0 Å². The first kappa shape index (κ1) is 45.9. The van der Waals surface area contributed by atoms with Gasteiger partial charge in [0.2, 0.25) is 0 Å². The summed E-state index contributed by atoms with van der Waals surface area (Å²) in [6.45, 7) is 20.2. The Balaban J connectivity index is 0.00000553. The first-order valence-corrected chi connectivity index (χ1v) is 23.7. The first-order valence-electron chi connectivity index (χ1n) is 23.7. The number of aryl methyl sites for hydroxylation is 1. The summed E-state index contributed by atoms with van der Waals surface area (Å²) in [5, 5.41) is 14.2. The Morgan fingerprint density at radius 2 is 1.00 bits per heavy atom. The van der Waals surface area contributed by atoms with Crippen LogP contribution in [0.3, 0.4) is 0 Å². The maximum absolute atomic E-state index is 12.0. The van der Waals surface area contributed by atoms with Crippen molar-refractivity contribution >= 4 is 21.9 Å². The van der Waals surface area contributed by atoms with Gasteiger partial charge >= 0.3 is 0 Å². The molecule has 3 aromatic heterocycles. The zero-order valence-electron chi connectivity index (χ0n) is 40.7. The fourth-order valence-corrected chi connectivity index (χ4v) is 10.2. The second-order valence-corrected chi connectivity index (χ2v) is 21.2. The third kappa shape index (κ3) is 8.13. The van der Waals surface area contributed by atoms with Crippen LogP contribution in [-0.2, 0) is 37.3 Å². The van der Waals surface area contributed by atoms with Gasteiger partial charge in [-0.1, -0.05) is 188 Å². The van der Waals surface area contributed by atoms with Gasteiger partial charge in [-0.3, -0.25) is 9.97 Å². The summed E-state index contributed by atoms with van der Waals surface area (Å²) in [7, 11) is 0. The molecular weight excluding hydrogens is 1020 g/mol. The Hall–Kier alpha value is -6.87. The van der Waals surface area contributed by atoms with E-state index in [0.29, 0.717) is 11.3 Å². The molecule has 7 aromatic carbocycles. The van der Waals surface area contributed by atoms with Crippen LogP contribution in [0.2, 0.25) is 0 Å². The molecule has 344 valence electrons. The summed E-state index contributed by atoms with van der Waals surface area (Å²) in [5.41, 5.74) is 20.4. The third-order valence-corrected chi connectivity index (χ3v) is 14.0. The van der Waals surface area contributed by atoms with Crippen molar-refractivity contribution in [3.05, 3.63) is 198 Å². The van der Waals surface area contributed by atoms with Gasteiger partial charge in [-0.2, -0.15) is 0 Å². The zero-order valence-corrected chi connectivity index (χ0v) is 42.9. The predicted octanol–water partition coefficient (Wildman–Crippen LogP) is 17.1. The van der Waals surface area contributed by atoms with E-state index in [9.17, 15) is 5.11 Å². The molecular formula is C64H55N2O2Pt-. The van der Waals surface area contributed by atoms with Crippen molar-refractivity contribution in [2.75, 3.05) is 0 Å². The normalized spacial score (nSPS) is 13.1. The first-order chi connectivity index (χ1) is 32.5. The van der Waals surface area contributed by atoms with E-state index in [-0.39, 0.29) is 43.1 Å². The molecule has 0 spiro atoms. The SMILES string of the molecule is Cc1cc(-c2cccc3c2oc2c(-c4ccccc4)cccc23)cc(-c2[c-]c(-c3cc(-c4cc(C(C)(C)C)cc(C(C)(C)C)c4)cc(-c4cc5c(cc4O)-c4ccccc4C5(C)C)n3)ccc2)n1.[Pt]. The minimum atomic E-state index is -0.250. The Bertz CT molecular complexity index is 3610. The van der Waals surface area contributed by atoms with Crippen LogP contribution in [0.4, 0.5) is 0 Å². The van der Waals surface area contributed by atoms with E-state index in [4.69, 9.17) is 14.4 Å². The number of nitrogens with zero attached hydrogens (tertiary/aromatic N) is 2. The maximum Gasteiger partial charge on any atom is 0.143 e. The number of rotatable bonds is 6. The second-order valence-electron chi connectivity index (χ2n) is 21.2. The molecule has 1 aliphatic carbocycles. The van der Waals surface area contributed by atoms with Gasteiger partial charge < -0.3 is 9.52 Å². The topological polar surface area (TPSA) is 59.2 Å². The van der Waals surface area contributed by atoms with Gasteiger partial charge in [0.05, 0.1) is 5.69 Å². The summed E-state index contributed by atoms with van der Waals surface area (Å²) in [6, 6.07) is 61.4. The number of hydrogen-bond donors (Lipinski definition) is 1. The van der Waals surface area contributed by atoms with Crippen LogP contribution in [-0.4, -0.2) is 15.1 Å². The smallest absolute Gasteiger partial charge is 0.143 e. The van der Waals surface area contributed by atoms with Gasteiger partial charge in [0.25, 0.3) is 0 Å². The molecule has 0 unspecified atom stereocenters. The van der Waals surface area contributed by atoms with Gasteiger partial charge in [-0.15, -0.1) is 24.3 Å². The van der Waals surface area contributed by atoms with E-state index in [1.54, 1.807) is 0 Å². The number of aromatic nitrogens is 2. The second kappa shape index (κ2) is 17.0. The minimum Gasteiger partial charge on any atom is -0.507 e. The Morgan fingerprint density at radius 1 is 0.464 bits per heavy atom. The molecule has 0 radical (unpaired) electrons. The molecule has 69 heavy (non-hydrogen) atoms. The van der Waals surface area contributed by atoms with E-state index < -0.39 is 0 Å². The van der Waals surface area contributed by atoms with E-state index in [1.807, 2.05) is 19.1 Å². The molecule has 0 saturated heterocycles. The van der Waals surface area contributed by atoms with E-state index in [1.165, 1.54) is 22.3 Å². The Labute approximate surface area is 420 Å². The molecule has 0 amide bonds. The summed E-state index contributed by atoms with van der Waals surface area (Å²) in [6.07, 6.45) is 0. The van der Waals surface area contributed by atoms with Crippen LogP contribution in [0.1, 0.15) is 83.3 Å². The average molecular weight is 1080 g/mol. The number of pyridine rings is 2. The minimum absolute atomic E-state index is 0. The number of fused-ring (bicyclic) bond motifs is 6. The summed E-state index contributed by atoms with van der Waals surface area (Å²) >= 11 is 0. The quantitative estimate of drug-likeness (QED) is 0.169. The number of para-hydroxylation sites is 2. The van der Waals surface area contributed by atoms with Crippen molar-refractivity contribution in [1.82, 2.24) is 9.97 Å². The van der Waals surface area contributed by atoms with Crippen LogP contribution in [0.25, 0.3) is 100 Å². The molecule has 0 bridgehead atoms. The van der Waals surface area contributed by atoms with Gasteiger partial charge in [-0.05, 0) is 97.7 Å².